The number of fused-ring (bicyclic) bond motifs is 1. The molecule has 0 fully saturated rings. The number of benzene rings is 1. The van der Waals surface area contributed by atoms with E-state index in [4.69, 9.17) is 13.9 Å². The van der Waals surface area contributed by atoms with E-state index < -0.39 is 0 Å². The number of aromatic nitrogens is 3. The van der Waals surface area contributed by atoms with Gasteiger partial charge in [-0.05, 0) is 17.7 Å². The van der Waals surface area contributed by atoms with E-state index in [1.807, 2.05) is 47.3 Å². The fourth-order valence-corrected chi connectivity index (χ4v) is 2.68. The molecule has 3 heterocycles. The molecule has 3 aromatic heterocycles. The Morgan fingerprint density at radius 3 is 2.77 bits per heavy atom. The van der Waals surface area contributed by atoms with Crippen LogP contribution < -0.4 is 14.9 Å². The molecular weight excluding hydrogens is 334 g/mol. The normalized spacial score (nSPS) is 11.0. The average Bonchev–Trinajstić information content (AvgIpc) is 3.27. The number of methoxy groups -OCH3 is 1. The molecule has 0 bridgehead atoms. The molecule has 0 N–H and O–H groups in total. The quantitative estimate of drug-likeness (QED) is 0.534. The van der Waals surface area contributed by atoms with Crippen molar-refractivity contribution in [3.8, 4) is 11.5 Å². The van der Waals surface area contributed by atoms with Crippen LogP contribution in [0.5, 0.6) is 11.5 Å². The average molecular weight is 351 g/mol. The van der Waals surface area contributed by atoms with Gasteiger partial charge in [0.25, 0.3) is 0 Å². The van der Waals surface area contributed by atoms with Gasteiger partial charge in [-0.15, -0.1) is 0 Å². The Hall–Kier alpha value is -3.48. The van der Waals surface area contributed by atoms with E-state index in [0.717, 1.165) is 17.0 Å². The highest BCUT2D eigenvalue weighted by Crippen LogP contribution is 2.14. The summed E-state index contributed by atoms with van der Waals surface area (Å²) in [5.41, 5.74) is 1.65. The highest BCUT2D eigenvalue weighted by Gasteiger charge is 2.08. The van der Waals surface area contributed by atoms with Crippen LogP contribution in [0.2, 0.25) is 0 Å². The molecule has 0 spiro atoms. The lowest BCUT2D eigenvalue weighted by atomic mass is 10.2. The smallest absolute Gasteiger partial charge is 0.227 e. The second kappa shape index (κ2) is 6.79. The summed E-state index contributed by atoms with van der Waals surface area (Å²) in [4.78, 5) is 12.3. The first kappa shape index (κ1) is 16.0. The van der Waals surface area contributed by atoms with Crippen LogP contribution >= 0.6 is 0 Å². The van der Waals surface area contributed by atoms with Gasteiger partial charge in [0.05, 0.1) is 19.9 Å². The Balaban J connectivity index is 1.45. The van der Waals surface area contributed by atoms with Crippen molar-refractivity contribution in [1.29, 1.82) is 0 Å². The fourth-order valence-electron chi connectivity index (χ4n) is 2.68. The standard InChI is InChI=1S/C19H17N3O4/c1-24-15-4-2-14(3-5-15)12-26-18-13-25-16(10-17(18)23)11-21-8-9-22-19(21)6-7-20-22/h2-10,13H,11-12H2,1H3. The summed E-state index contributed by atoms with van der Waals surface area (Å²) < 4.78 is 20.0. The molecule has 7 heteroatoms. The molecule has 1 aromatic carbocycles. The van der Waals surface area contributed by atoms with E-state index in [9.17, 15) is 4.79 Å². The van der Waals surface area contributed by atoms with Crippen molar-refractivity contribution in [2.24, 2.45) is 0 Å². The Bertz CT molecular complexity index is 1080. The summed E-state index contributed by atoms with van der Waals surface area (Å²) >= 11 is 0. The topological polar surface area (TPSA) is 70.9 Å². The summed E-state index contributed by atoms with van der Waals surface area (Å²) in [6, 6.07) is 10.8. The minimum absolute atomic E-state index is 0.187. The van der Waals surface area contributed by atoms with Crippen LogP contribution in [0, 0.1) is 0 Å². The summed E-state index contributed by atoms with van der Waals surface area (Å²) in [5.74, 6) is 1.51. The molecule has 4 rings (SSSR count). The molecule has 0 amide bonds. The van der Waals surface area contributed by atoms with Crippen molar-refractivity contribution in [1.82, 2.24) is 14.2 Å². The Morgan fingerprint density at radius 1 is 1.15 bits per heavy atom. The third kappa shape index (κ3) is 3.19. The number of hydrogen-bond acceptors (Lipinski definition) is 5. The van der Waals surface area contributed by atoms with Crippen molar-refractivity contribution in [3.63, 3.8) is 0 Å². The van der Waals surface area contributed by atoms with Gasteiger partial charge in [0.15, 0.2) is 0 Å². The summed E-state index contributed by atoms with van der Waals surface area (Å²) in [6.07, 6.45) is 6.81. The minimum Gasteiger partial charge on any atom is -0.497 e. The molecule has 0 aliphatic rings. The van der Waals surface area contributed by atoms with Gasteiger partial charge < -0.3 is 18.5 Å². The third-order valence-electron chi connectivity index (χ3n) is 4.06. The molecule has 0 unspecified atom stereocenters. The van der Waals surface area contributed by atoms with Crippen LogP contribution in [0.15, 0.2) is 70.5 Å². The van der Waals surface area contributed by atoms with Crippen molar-refractivity contribution in [2.75, 3.05) is 7.11 Å². The van der Waals surface area contributed by atoms with E-state index in [2.05, 4.69) is 5.10 Å². The number of imidazole rings is 1. The first-order valence-electron chi connectivity index (χ1n) is 8.09. The Kier molecular flexibility index (Phi) is 4.18. The van der Waals surface area contributed by atoms with Gasteiger partial charge in [0.2, 0.25) is 11.2 Å². The van der Waals surface area contributed by atoms with Crippen LogP contribution in [0.3, 0.4) is 0 Å². The maximum absolute atomic E-state index is 12.3. The monoisotopic (exact) mass is 351 g/mol. The first-order chi connectivity index (χ1) is 12.7. The molecule has 132 valence electrons. The number of rotatable bonds is 6. The minimum atomic E-state index is -0.212. The highest BCUT2D eigenvalue weighted by atomic mass is 16.5. The van der Waals surface area contributed by atoms with Crippen molar-refractivity contribution < 1.29 is 13.9 Å². The van der Waals surface area contributed by atoms with Crippen LogP contribution in [0.4, 0.5) is 0 Å². The zero-order chi connectivity index (χ0) is 17.9. The zero-order valence-corrected chi connectivity index (χ0v) is 14.2. The lowest BCUT2D eigenvalue weighted by Gasteiger charge is -2.07. The van der Waals surface area contributed by atoms with Crippen molar-refractivity contribution in [3.05, 3.63) is 82.8 Å². The Morgan fingerprint density at radius 2 is 2.00 bits per heavy atom. The molecule has 0 saturated carbocycles. The van der Waals surface area contributed by atoms with E-state index in [1.54, 1.807) is 17.8 Å². The molecular formula is C19H17N3O4. The molecule has 7 nitrogen and oxygen atoms in total. The van der Waals surface area contributed by atoms with E-state index in [0.29, 0.717) is 12.3 Å². The molecule has 0 saturated heterocycles. The van der Waals surface area contributed by atoms with Gasteiger partial charge in [0.1, 0.15) is 30.0 Å². The molecule has 0 radical (unpaired) electrons. The van der Waals surface area contributed by atoms with Crippen LogP contribution in [0.25, 0.3) is 5.65 Å². The van der Waals surface area contributed by atoms with Crippen molar-refractivity contribution in [2.45, 2.75) is 13.2 Å². The van der Waals surface area contributed by atoms with E-state index in [-0.39, 0.29) is 17.8 Å². The van der Waals surface area contributed by atoms with Gasteiger partial charge >= 0.3 is 0 Å². The molecule has 26 heavy (non-hydrogen) atoms. The van der Waals surface area contributed by atoms with Crippen LogP contribution in [-0.2, 0) is 13.2 Å². The third-order valence-corrected chi connectivity index (χ3v) is 4.06. The van der Waals surface area contributed by atoms with Crippen molar-refractivity contribution >= 4 is 5.65 Å². The predicted molar refractivity (Wildman–Crippen MR) is 94.6 cm³/mol. The second-order valence-electron chi connectivity index (χ2n) is 5.77. The van der Waals surface area contributed by atoms with E-state index >= 15 is 0 Å². The van der Waals surface area contributed by atoms with Gasteiger partial charge in [-0.2, -0.15) is 5.10 Å². The maximum Gasteiger partial charge on any atom is 0.227 e. The number of ether oxygens (including phenoxy) is 2. The number of nitrogens with zero attached hydrogens (tertiary/aromatic N) is 3. The molecule has 0 atom stereocenters. The molecule has 0 aliphatic heterocycles. The highest BCUT2D eigenvalue weighted by molar-refractivity contribution is 5.38. The lowest BCUT2D eigenvalue weighted by Crippen LogP contribution is -2.09. The number of hydrogen-bond donors (Lipinski definition) is 0. The summed E-state index contributed by atoms with van der Waals surface area (Å²) in [7, 11) is 1.62. The van der Waals surface area contributed by atoms with Crippen LogP contribution in [0.1, 0.15) is 11.3 Å². The molecule has 4 aromatic rings. The SMILES string of the molecule is COc1ccc(COc2coc(Cn3ccn4nccc34)cc2=O)cc1. The fraction of sp³-hybridized carbons (Fsp3) is 0.158. The first-order valence-corrected chi connectivity index (χ1v) is 8.09. The van der Waals surface area contributed by atoms with Crippen LogP contribution in [-0.4, -0.2) is 21.3 Å². The van der Waals surface area contributed by atoms with E-state index in [1.165, 1.54) is 12.3 Å². The lowest BCUT2D eigenvalue weighted by molar-refractivity contribution is 0.289. The molecule has 0 aliphatic carbocycles. The van der Waals surface area contributed by atoms with Gasteiger partial charge in [-0.1, -0.05) is 12.1 Å². The largest absolute Gasteiger partial charge is 0.497 e. The van der Waals surface area contributed by atoms with Gasteiger partial charge in [0, 0.05) is 24.5 Å². The van der Waals surface area contributed by atoms with Gasteiger partial charge in [-0.25, -0.2) is 4.52 Å². The predicted octanol–water partition coefficient (Wildman–Crippen LogP) is 2.72. The summed E-state index contributed by atoms with van der Waals surface area (Å²) in [6.45, 7) is 0.721. The zero-order valence-electron chi connectivity index (χ0n) is 14.2. The summed E-state index contributed by atoms with van der Waals surface area (Å²) in [5, 5.41) is 4.15. The second-order valence-corrected chi connectivity index (χ2v) is 5.77. The Labute approximate surface area is 149 Å². The maximum atomic E-state index is 12.3. The van der Waals surface area contributed by atoms with Gasteiger partial charge in [-0.3, -0.25) is 4.79 Å².